The van der Waals surface area contributed by atoms with Crippen LogP contribution in [0.25, 0.3) is 0 Å². The number of rotatable bonds is 2. The maximum Gasteiger partial charge on any atom is 0.123 e. The summed E-state index contributed by atoms with van der Waals surface area (Å²) in [5.41, 5.74) is 0. The summed E-state index contributed by atoms with van der Waals surface area (Å²) < 4.78 is 18.1. The van der Waals surface area contributed by atoms with Gasteiger partial charge in [0.25, 0.3) is 0 Å². The van der Waals surface area contributed by atoms with Crippen molar-refractivity contribution in [1.82, 2.24) is 5.32 Å². The second-order valence-electron chi connectivity index (χ2n) is 3.19. The zero-order chi connectivity index (χ0) is 9.10. The molecular weight excluding hydrogens is 169 g/mol. The Morgan fingerprint density at radius 2 is 2.08 bits per heavy atom. The average molecular weight is 181 g/mol. The molecule has 1 aromatic carbocycles. The Hall–Kier alpha value is -1.09. The van der Waals surface area contributed by atoms with Gasteiger partial charge in [-0.3, -0.25) is 0 Å². The molecule has 70 valence electrons. The fourth-order valence-corrected chi connectivity index (χ4v) is 1.43. The minimum Gasteiger partial charge on any atom is -0.489 e. The van der Waals surface area contributed by atoms with Crippen molar-refractivity contribution in [3.05, 3.63) is 30.1 Å². The quantitative estimate of drug-likeness (QED) is 0.747. The Bertz CT molecular complexity index is 267. The van der Waals surface area contributed by atoms with Crippen LogP contribution in [0.5, 0.6) is 5.75 Å². The van der Waals surface area contributed by atoms with Crippen LogP contribution in [-0.2, 0) is 0 Å². The minimum atomic E-state index is -0.225. The van der Waals surface area contributed by atoms with Gasteiger partial charge < -0.3 is 10.1 Å². The number of benzene rings is 1. The smallest absolute Gasteiger partial charge is 0.123 e. The lowest BCUT2D eigenvalue weighted by Gasteiger charge is -2.11. The molecule has 0 saturated carbocycles. The van der Waals surface area contributed by atoms with Gasteiger partial charge in [0.1, 0.15) is 17.7 Å². The number of ether oxygens (including phenoxy) is 1. The van der Waals surface area contributed by atoms with E-state index < -0.39 is 0 Å². The lowest BCUT2D eigenvalue weighted by molar-refractivity contribution is 0.223. The molecule has 2 rings (SSSR count). The Morgan fingerprint density at radius 3 is 2.69 bits per heavy atom. The van der Waals surface area contributed by atoms with Gasteiger partial charge in [-0.25, -0.2) is 4.39 Å². The third-order valence-corrected chi connectivity index (χ3v) is 2.13. The van der Waals surface area contributed by atoms with Crippen LogP contribution in [0.15, 0.2) is 24.3 Å². The molecule has 3 heteroatoms. The SMILES string of the molecule is Fc1ccc(O[C@H]2CCNC2)cc1. The molecule has 0 aliphatic carbocycles. The maximum absolute atomic E-state index is 12.5. The third kappa shape index (κ3) is 2.18. The van der Waals surface area contributed by atoms with Gasteiger partial charge in [0.15, 0.2) is 0 Å². The van der Waals surface area contributed by atoms with Crippen LogP contribution in [0.1, 0.15) is 6.42 Å². The molecule has 1 aliphatic heterocycles. The normalized spacial score (nSPS) is 21.8. The molecule has 0 unspecified atom stereocenters. The Balaban J connectivity index is 1.97. The molecule has 0 aromatic heterocycles. The van der Waals surface area contributed by atoms with Gasteiger partial charge in [-0.05, 0) is 37.2 Å². The van der Waals surface area contributed by atoms with E-state index in [-0.39, 0.29) is 11.9 Å². The van der Waals surface area contributed by atoms with Gasteiger partial charge in [0.2, 0.25) is 0 Å². The summed E-state index contributed by atoms with van der Waals surface area (Å²) in [6.45, 7) is 1.89. The van der Waals surface area contributed by atoms with Crippen molar-refractivity contribution in [2.24, 2.45) is 0 Å². The summed E-state index contributed by atoms with van der Waals surface area (Å²) in [5.74, 6) is 0.520. The number of nitrogens with one attached hydrogen (secondary N) is 1. The van der Waals surface area contributed by atoms with Crippen LogP contribution >= 0.6 is 0 Å². The number of hydrogen-bond donors (Lipinski definition) is 1. The Labute approximate surface area is 76.7 Å². The molecular formula is C10H12FNO. The zero-order valence-corrected chi connectivity index (χ0v) is 7.29. The van der Waals surface area contributed by atoms with Crippen LogP contribution in [0, 0.1) is 5.82 Å². The highest BCUT2D eigenvalue weighted by molar-refractivity contribution is 5.22. The molecule has 13 heavy (non-hydrogen) atoms. The fourth-order valence-electron chi connectivity index (χ4n) is 1.43. The molecule has 2 nitrogen and oxygen atoms in total. The summed E-state index contributed by atoms with van der Waals surface area (Å²) in [4.78, 5) is 0. The van der Waals surface area contributed by atoms with Crippen molar-refractivity contribution in [2.45, 2.75) is 12.5 Å². The van der Waals surface area contributed by atoms with Gasteiger partial charge in [0, 0.05) is 6.54 Å². The highest BCUT2D eigenvalue weighted by atomic mass is 19.1. The van der Waals surface area contributed by atoms with E-state index in [1.807, 2.05) is 0 Å². The fraction of sp³-hybridized carbons (Fsp3) is 0.400. The minimum absolute atomic E-state index is 0.225. The molecule has 1 aliphatic rings. The predicted molar refractivity (Wildman–Crippen MR) is 48.3 cm³/mol. The predicted octanol–water partition coefficient (Wildman–Crippen LogP) is 1.57. The molecule has 1 fully saturated rings. The summed E-state index contributed by atoms with van der Waals surface area (Å²) >= 11 is 0. The maximum atomic E-state index is 12.5. The van der Waals surface area contributed by atoms with E-state index >= 15 is 0 Å². The lowest BCUT2D eigenvalue weighted by Crippen LogP contribution is -2.19. The first-order valence-corrected chi connectivity index (χ1v) is 4.47. The van der Waals surface area contributed by atoms with Crippen molar-refractivity contribution in [3.63, 3.8) is 0 Å². The molecule has 0 radical (unpaired) electrons. The van der Waals surface area contributed by atoms with Crippen molar-refractivity contribution in [2.75, 3.05) is 13.1 Å². The van der Waals surface area contributed by atoms with Gasteiger partial charge in [-0.2, -0.15) is 0 Å². The first-order chi connectivity index (χ1) is 6.34. The van der Waals surface area contributed by atoms with Crippen molar-refractivity contribution < 1.29 is 9.13 Å². The second kappa shape index (κ2) is 3.75. The summed E-state index contributed by atoms with van der Waals surface area (Å²) in [6.07, 6.45) is 1.27. The first kappa shape index (κ1) is 8.51. The number of hydrogen-bond acceptors (Lipinski definition) is 2. The molecule has 0 bridgehead atoms. The van der Waals surface area contributed by atoms with Crippen molar-refractivity contribution in [1.29, 1.82) is 0 Å². The molecule has 1 atom stereocenters. The lowest BCUT2D eigenvalue weighted by atomic mass is 10.3. The first-order valence-electron chi connectivity index (χ1n) is 4.47. The third-order valence-electron chi connectivity index (χ3n) is 2.13. The van der Waals surface area contributed by atoms with Crippen LogP contribution in [-0.4, -0.2) is 19.2 Å². The highest BCUT2D eigenvalue weighted by Gasteiger charge is 2.15. The Morgan fingerprint density at radius 1 is 1.31 bits per heavy atom. The summed E-state index contributed by atoms with van der Waals surface area (Å²) in [5, 5.41) is 3.20. The molecule has 0 amide bonds. The van der Waals surface area contributed by atoms with Crippen LogP contribution in [0.3, 0.4) is 0 Å². The van der Waals surface area contributed by atoms with E-state index in [9.17, 15) is 4.39 Å². The van der Waals surface area contributed by atoms with Crippen molar-refractivity contribution >= 4 is 0 Å². The van der Waals surface area contributed by atoms with Crippen molar-refractivity contribution in [3.8, 4) is 5.75 Å². The standard InChI is InChI=1S/C10H12FNO/c11-8-1-3-9(4-2-8)13-10-5-6-12-7-10/h1-4,10,12H,5-7H2/t10-/m0/s1. The van der Waals surface area contributed by atoms with Crippen LogP contribution in [0.2, 0.25) is 0 Å². The van der Waals surface area contributed by atoms with E-state index in [4.69, 9.17) is 4.74 Å². The number of halogens is 1. The molecule has 1 heterocycles. The topological polar surface area (TPSA) is 21.3 Å². The monoisotopic (exact) mass is 181 g/mol. The van der Waals surface area contributed by atoms with Crippen LogP contribution < -0.4 is 10.1 Å². The van der Waals surface area contributed by atoms with Gasteiger partial charge >= 0.3 is 0 Å². The second-order valence-corrected chi connectivity index (χ2v) is 3.19. The summed E-state index contributed by atoms with van der Waals surface area (Å²) in [7, 11) is 0. The average Bonchev–Trinajstić information content (AvgIpc) is 2.62. The molecule has 0 spiro atoms. The van der Waals surface area contributed by atoms with E-state index in [0.717, 1.165) is 25.3 Å². The van der Waals surface area contributed by atoms with E-state index in [0.29, 0.717) is 0 Å². The molecule has 1 saturated heterocycles. The van der Waals surface area contributed by atoms with Gasteiger partial charge in [-0.15, -0.1) is 0 Å². The largest absolute Gasteiger partial charge is 0.489 e. The highest BCUT2D eigenvalue weighted by Crippen LogP contribution is 2.15. The van der Waals surface area contributed by atoms with E-state index in [1.165, 1.54) is 12.1 Å². The van der Waals surface area contributed by atoms with Gasteiger partial charge in [0.05, 0.1) is 0 Å². The molecule has 1 aromatic rings. The zero-order valence-electron chi connectivity index (χ0n) is 7.29. The van der Waals surface area contributed by atoms with E-state index in [2.05, 4.69) is 5.32 Å². The van der Waals surface area contributed by atoms with E-state index in [1.54, 1.807) is 12.1 Å². The molecule has 1 N–H and O–H groups in total. The van der Waals surface area contributed by atoms with Crippen LogP contribution in [0.4, 0.5) is 4.39 Å². The Kier molecular flexibility index (Phi) is 2.45. The van der Waals surface area contributed by atoms with Gasteiger partial charge in [-0.1, -0.05) is 0 Å². The summed E-state index contributed by atoms with van der Waals surface area (Å²) in [6, 6.07) is 6.15.